The van der Waals surface area contributed by atoms with E-state index >= 15 is 0 Å². The van der Waals surface area contributed by atoms with Crippen LogP contribution < -0.4 is 4.90 Å². The topological polar surface area (TPSA) is 110 Å². The van der Waals surface area contributed by atoms with E-state index in [1.807, 2.05) is 35.2 Å². The van der Waals surface area contributed by atoms with Crippen molar-refractivity contribution >= 4 is 27.0 Å². The Balaban J connectivity index is 1.35. The fourth-order valence-electron chi connectivity index (χ4n) is 3.66. The van der Waals surface area contributed by atoms with Gasteiger partial charge in [-0.2, -0.15) is 4.31 Å². The molecule has 10 nitrogen and oxygen atoms in total. The molecule has 4 aromatic rings. The summed E-state index contributed by atoms with van der Waals surface area (Å²) in [4.78, 5) is 14.9. The van der Waals surface area contributed by atoms with E-state index in [1.54, 1.807) is 23.0 Å². The molecule has 0 spiro atoms. The Labute approximate surface area is 179 Å². The number of sulfonamides is 1. The molecule has 0 N–H and O–H groups in total. The van der Waals surface area contributed by atoms with Crippen LogP contribution in [0.4, 0.5) is 5.82 Å². The number of hydrogen-bond acceptors (Lipinski definition) is 8. The van der Waals surface area contributed by atoms with Crippen LogP contribution in [0.15, 0.2) is 66.1 Å². The van der Waals surface area contributed by atoms with Gasteiger partial charge in [0, 0.05) is 38.6 Å². The summed E-state index contributed by atoms with van der Waals surface area (Å²) in [6.45, 7) is 2.25. The van der Waals surface area contributed by atoms with Gasteiger partial charge in [0.05, 0.1) is 6.54 Å². The highest BCUT2D eigenvalue weighted by Crippen LogP contribution is 2.24. The first kappa shape index (κ1) is 19.5. The number of benzene rings is 1. The Bertz CT molecular complexity index is 1290. The van der Waals surface area contributed by atoms with Crippen molar-refractivity contribution in [2.24, 2.45) is 0 Å². The minimum atomic E-state index is -3.56. The van der Waals surface area contributed by atoms with Gasteiger partial charge in [0.15, 0.2) is 17.0 Å². The first-order valence-corrected chi connectivity index (χ1v) is 11.3. The highest BCUT2D eigenvalue weighted by molar-refractivity contribution is 7.89. The van der Waals surface area contributed by atoms with Crippen LogP contribution in [-0.2, 0) is 16.6 Å². The molecule has 1 aliphatic rings. The largest absolute Gasteiger partial charge is 0.352 e. The lowest BCUT2D eigenvalue weighted by Crippen LogP contribution is -2.49. The lowest BCUT2D eigenvalue weighted by atomic mass is 10.2. The van der Waals surface area contributed by atoms with E-state index < -0.39 is 10.0 Å². The van der Waals surface area contributed by atoms with Crippen LogP contribution in [0, 0.1) is 0 Å². The number of hydrogen-bond donors (Lipinski definition) is 0. The molecule has 4 heterocycles. The maximum Gasteiger partial charge on any atom is 0.244 e. The van der Waals surface area contributed by atoms with E-state index in [4.69, 9.17) is 0 Å². The zero-order valence-electron chi connectivity index (χ0n) is 16.6. The maximum atomic E-state index is 12.8. The SMILES string of the molecule is O=S(=O)(c1cccnc1)N1CCN(c2ncnc3c2nnn3Cc2ccccc2)CC1. The molecule has 1 saturated heterocycles. The molecule has 3 aromatic heterocycles. The molecular weight excluding hydrogens is 416 g/mol. The number of nitrogens with zero attached hydrogens (tertiary/aromatic N) is 8. The molecule has 0 saturated carbocycles. The van der Waals surface area contributed by atoms with E-state index in [2.05, 4.69) is 25.3 Å². The molecule has 0 amide bonds. The van der Waals surface area contributed by atoms with Crippen LogP contribution in [0.2, 0.25) is 0 Å². The van der Waals surface area contributed by atoms with Crippen LogP contribution in [0.3, 0.4) is 0 Å². The molecule has 1 aliphatic heterocycles. The van der Waals surface area contributed by atoms with Gasteiger partial charge in [-0.25, -0.2) is 23.1 Å². The third kappa shape index (κ3) is 3.73. The molecular formula is C20H20N8O2S. The average Bonchev–Trinajstić information content (AvgIpc) is 3.23. The summed E-state index contributed by atoms with van der Waals surface area (Å²) < 4.78 is 28.9. The lowest BCUT2D eigenvalue weighted by molar-refractivity contribution is 0.384. The first-order chi connectivity index (χ1) is 15.1. The van der Waals surface area contributed by atoms with Crippen molar-refractivity contribution in [1.82, 2.24) is 34.3 Å². The van der Waals surface area contributed by atoms with Crippen LogP contribution in [0.25, 0.3) is 11.2 Å². The molecule has 0 radical (unpaired) electrons. The molecule has 0 atom stereocenters. The minimum absolute atomic E-state index is 0.205. The second kappa shape index (κ2) is 8.00. The maximum absolute atomic E-state index is 12.8. The molecule has 0 unspecified atom stereocenters. The fourth-order valence-corrected chi connectivity index (χ4v) is 5.05. The number of pyridine rings is 1. The molecule has 1 fully saturated rings. The van der Waals surface area contributed by atoms with Gasteiger partial charge in [0.1, 0.15) is 11.2 Å². The van der Waals surface area contributed by atoms with Gasteiger partial charge in [-0.05, 0) is 17.7 Å². The summed E-state index contributed by atoms with van der Waals surface area (Å²) in [5.74, 6) is 0.669. The van der Waals surface area contributed by atoms with Crippen molar-refractivity contribution in [3.63, 3.8) is 0 Å². The second-order valence-electron chi connectivity index (χ2n) is 7.18. The molecule has 158 valence electrons. The molecule has 31 heavy (non-hydrogen) atoms. The highest BCUT2D eigenvalue weighted by Gasteiger charge is 2.30. The van der Waals surface area contributed by atoms with Crippen molar-refractivity contribution < 1.29 is 8.42 Å². The quantitative estimate of drug-likeness (QED) is 0.459. The third-order valence-electron chi connectivity index (χ3n) is 5.27. The van der Waals surface area contributed by atoms with Crippen molar-refractivity contribution in [3.8, 4) is 0 Å². The number of rotatable bonds is 5. The summed E-state index contributed by atoms with van der Waals surface area (Å²) >= 11 is 0. The number of fused-ring (bicyclic) bond motifs is 1. The van der Waals surface area contributed by atoms with Crippen LogP contribution in [0.1, 0.15) is 5.56 Å². The van der Waals surface area contributed by atoms with E-state index in [-0.39, 0.29) is 4.90 Å². The van der Waals surface area contributed by atoms with Gasteiger partial charge >= 0.3 is 0 Å². The number of anilines is 1. The van der Waals surface area contributed by atoms with Crippen molar-refractivity contribution in [3.05, 3.63) is 66.7 Å². The second-order valence-corrected chi connectivity index (χ2v) is 9.12. The van der Waals surface area contributed by atoms with Gasteiger partial charge in [0.2, 0.25) is 10.0 Å². The van der Waals surface area contributed by atoms with E-state index in [9.17, 15) is 8.42 Å². The average molecular weight is 437 g/mol. The molecule has 0 bridgehead atoms. The van der Waals surface area contributed by atoms with E-state index in [0.29, 0.717) is 49.7 Å². The fraction of sp³-hybridized carbons (Fsp3) is 0.250. The Morgan fingerprint density at radius 1 is 0.935 bits per heavy atom. The Morgan fingerprint density at radius 2 is 1.74 bits per heavy atom. The predicted octanol–water partition coefficient (Wildman–Crippen LogP) is 1.18. The zero-order chi connectivity index (χ0) is 21.3. The highest BCUT2D eigenvalue weighted by atomic mass is 32.2. The third-order valence-corrected chi connectivity index (χ3v) is 7.15. The molecule has 11 heteroatoms. The number of aromatic nitrogens is 6. The molecule has 0 aliphatic carbocycles. The van der Waals surface area contributed by atoms with Crippen LogP contribution in [-0.4, -0.2) is 68.8 Å². The van der Waals surface area contributed by atoms with Gasteiger partial charge in [-0.1, -0.05) is 35.5 Å². The Morgan fingerprint density at radius 3 is 2.48 bits per heavy atom. The van der Waals surface area contributed by atoms with E-state index in [1.165, 1.54) is 16.8 Å². The van der Waals surface area contributed by atoms with Crippen molar-refractivity contribution in [1.29, 1.82) is 0 Å². The lowest BCUT2D eigenvalue weighted by Gasteiger charge is -2.34. The van der Waals surface area contributed by atoms with E-state index in [0.717, 1.165) is 5.56 Å². The normalized spacial score (nSPS) is 15.4. The summed E-state index contributed by atoms with van der Waals surface area (Å²) in [7, 11) is -3.56. The van der Waals surface area contributed by atoms with Gasteiger partial charge < -0.3 is 4.90 Å². The van der Waals surface area contributed by atoms with Gasteiger partial charge in [0.25, 0.3) is 0 Å². The Kier molecular flexibility index (Phi) is 5.04. The zero-order valence-corrected chi connectivity index (χ0v) is 17.4. The monoisotopic (exact) mass is 436 g/mol. The van der Waals surface area contributed by atoms with Crippen LogP contribution in [0.5, 0.6) is 0 Å². The first-order valence-electron chi connectivity index (χ1n) is 9.86. The standard InChI is InChI=1S/C20H20N8O2S/c29-31(30,17-7-4-8-21-13-17)27-11-9-26(10-12-27)19-18-20(23-15-22-19)28(25-24-18)14-16-5-2-1-3-6-16/h1-8,13,15H,9-12,14H2. The molecule has 5 rings (SSSR count). The Hall–Kier alpha value is -3.44. The summed E-state index contributed by atoms with van der Waals surface area (Å²) in [6.07, 6.45) is 4.43. The summed E-state index contributed by atoms with van der Waals surface area (Å²) in [6, 6.07) is 13.2. The van der Waals surface area contributed by atoms with Crippen molar-refractivity contribution in [2.45, 2.75) is 11.4 Å². The summed E-state index contributed by atoms with van der Waals surface area (Å²) in [5.41, 5.74) is 2.37. The van der Waals surface area contributed by atoms with Gasteiger partial charge in [-0.3, -0.25) is 4.98 Å². The summed E-state index contributed by atoms with van der Waals surface area (Å²) in [5, 5.41) is 8.58. The number of piperazine rings is 1. The smallest absolute Gasteiger partial charge is 0.244 e. The van der Waals surface area contributed by atoms with Crippen LogP contribution >= 0.6 is 0 Å². The predicted molar refractivity (Wildman–Crippen MR) is 114 cm³/mol. The van der Waals surface area contributed by atoms with Gasteiger partial charge in [-0.15, -0.1) is 5.10 Å². The van der Waals surface area contributed by atoms with Crippen molar-refractivity contribution in [2.75, 3.05) is 31.1 Å². The minimum Gasteiger partial charge on any atom is -0.352 e. The molecule has 1 aromatic carbocycles.